The molecular weight excluding hydrogens is 382 g/mol. The molecule has 0 aliphatic heterocycles. The number of rotatable bonds is 3. The van der Waals surface area contributed by atoms with Gasteiger partial charge in [0.2, 0.25) is 0 Å². The number of carbonyl (C=O) groups is 2. The number of hydrogen-bond acceptors (Lipinski definition) is 4. The molecule has 0 fully saturated rings. The molecule has 2 atom stereocenters. The fraction of sp³-hybridized carbons (Fsp3) is 0.250. The zero-order valence-corrected chi connectivity index (χ0v) is 12.8. The molecule has 1 rings (SSSR count). The van der Waals surface area contributed by atoms with E-state index in [1.165, 1.54) is 0 Å². The van der Waals surface area contributed by atoms with E-state index in [1.54, 1.807) is 0 Å². The van der Waals surface area contributed by atoms with Gasteiger partial charge in [0.1, 0.15) is 10.8 Å². The number of aliphatic carboxylic acids is 2. The Morgan fingerprint density at radius 3 is 1.85 bits per heavy atom. The summed E-state index contributed by atoms with van der Waals surface area (Å²) in [5.74, 6) is -6.41. The first-order valence-corrected chi connectivity index (χ1v) is 7.40. The van der Waals surface area contributed by atoms with Crippen molar-refractivity contribution in [2.45, 2.75) is 4.87 Å². The van der Waals surface area contributed by atoms with Crippen LogP contribution in [-0.2, 0) is 19.7 Å². The lowest BCUT2D eigenvalue weighted by Gasteiger charge is -2.33. The second kappa shape index (κ2) is 5.36. The Morgan fingerprint density at radius 2 is 1.55 bits per heavy atom. The molecule has 0 bridgehead atoms. The molecule has 112 valence electrons. The molecule has 0 saturated heterocycles. The minimum absolute atomic E-state index is 0.782. The molecular formula is C8H4Cl4O7S. The van der Waals surface area contributed by atoms with Gasteiger partial charge >= 0.3 is 11.9 Å². The smallest absolute Gasteiger partial charge is 0.331 e. The van der Waals surface area contributed by atoms with Gasteiger partial charge in [0.15, 0.2) is 4.87 Å². The normalized spacial score (nSPS) is 27.8. The average molecular weight is 386 g/mol. The summed E-state index contributed by atoms with van der Waals surface area (Å²) in [5, 5.41) is 15.5. The Bertz CT molecular complexity index is 664. The molecule has 7 nitrogen and oxygen atoms in total. The van der Waals surface area contributed by atoms with Crippen molar-refractivity contribution in [2.24, 2.45) is 5.92 Å². The maximum atomic E-state index is 11.2. The van der Waals surface area contributed by atoms with E-state index in [9.17, 15) is 18.0 Å². The standard InChI is InChI=1S/C8H4Cl4O7S/c9-2-3(10)5(11)8(12,7(15)16)1(6(13)14)4(2)20(17,18)19/h1H,(H,13,14)(H,15,16)(H,17,18,19). The van der Waals surface area contributed by atoms with E-state index in [0.717, 1.165) is 0 Å². The molecule has 1 aliphatic rings. The zero-order valence-electron chi connectivity index (χ0n) is 8.97. The van der Waals surface area contributed by atoms with Gasteiger partial charge in [-0.25, -0.2) is 4.79 Å². The molecule has 0 amide bonds. The summed E-state index contributed by atoms with van der Waals surface area (Å²) < 4.78 is 31.5. The topological polar surface area (TPSA) is 129 Å². The summed E-state index contributed by atoms with van der Waals surface area (Å²) in [6.07, 6.45) is 0. The van der Waals surface area contributed by atoms with Crippen molar-refractivity contribution in [3.05, 3.63) is 20.0 Å². The van der Waals surface area contributed by atoms with Gasteiger partial charge < -0.3 is 10.2 Å². The van der Waals surface area contributed by atoms with Crippen molar-refractivity contribution in [3.63, 3.8) is 0 Å². The lowest BCUT2D eigenvalue weighted by Crippen LogP contribution is -2.49. The minimum atomic E-state index is -5.19. The molecule has 0 spiro atoms. The Kier molecular flexibility index (Phi) is 4.70. The monoisotopic (exact) mass is 384 g/mol. The van der Waals surface area contributed by atoms with Crippen LogP contribution in [0.1, 0.15) is 0 Å². The first kappa shape index (κ1) is 17.5. The number of alkyl halides is 1. The summed E-state index contributed by atoms with van der Waals surface area (Å²) in [6.45, 7) is 0. The Hall–Kier alpha value is -0.510. The maximum absolute atomic E-state index is 11.2. The largest absolute Gasteiger partial charge is 0.481 e. The Labute approximate surface area is 132 Å². The number of halogens is 4. The maximum Gasteiger partial charge on any atom is 0.331 e. The highest BCUT2D eigenvalue weighted by atomic mass is 35.5. The average Bonchev–Trinajstić information content (AvgIpc) is 2.28. The van der Waals surface area contributed by atoms with Crippen LogP contribution < -0.4 is 0 Å². The molecule has 0 aromatic carbocycles. The van der Waals surface area contributed by atoms with Crippen molar-refractivity contribution < 1.29 is 32.8 Å². The van der Waals surface area contributed by atoms with Crippen LogP contribution in [0.4, 0.5) is 0 Å². The highest BCUT2D eigenvalue weighted by molar-refractivity contribution is 7.90. The Morgan fingerprint density at radius 1 is 1.10 bits per heavy atom. The van der Waals surface area contributed by atoms with Gasteiger partial charge in [-0.3, -0.25) is 9.35 Å². The Balaban J connectivity index is 3.90. The molecule has 0 radical (unpaired) electrons. The van der Waals surface area contributed by atoms with Crippen LogP contribution in [0.15, 0.2) is 20.0 Å². The van der Waals surface area contributed by atoms with Crippen LogP contribution in [0.25, 0.3) is 0 Å². The fourth-order valence-corrected chi connectivity index (χ4v) is 4.01. The third kappa shape index (κ3) is 2.51. The molecule has 1 aliphatic carbocycles. The highest BCUT2D eigenvalue weighted by Gasteiger charge is 2.59. The molecule has 0 saturated carbocycles. The third-order valence-corrected chi connectivity index (χ3v) is 5.64. The van der Waals surface area contributed by atoms with E-state index in [2.05, 4.69) is 0 Å². The van der Waals surface area contributed by atoms with Gasteiger partial charge in [-0.15, -0.1) is 0 Å². The van der Waals surface area contributed by atoms with E-state index in [1.807, 2.05) is 0 Å². The molecule has 3 N–H and O–H groups in total. The first-order valence-electron chi connectivity index (χ1n) is 4.45. The summed E-state index contributed by atoms with van der Waals surface area (Å²) in [4.78, 5) is 18.1. The number of carboxylic acid groups (broad SMARTS) is 2. The molecule has 12 heteroatoms. The van der Waals surface area contributed by atoms with Crippen LogP contribution in [0, 0.1) is 5.92 Å². The van der Waals surface area contributed by atoms with Crippen molar-refractivity contribution >= 4 is 68.5 Å². The van der Waals surface area contributed by atoms with E-state index >= 15 is 0 Å². The minimum Gasteiger partial charge on any atom is -0.481 e. The van der Waals surface area contributed by atoms with E-state index in [4.69, 9.17) is 61.2 Å². The molecule has 2 unspecified atom stereocenters. The van der Waals surface area contributed by atoms with E-state index in [-0.39, 0.29) is 0 Å². The zero-order chi connectivity index (χ0) is 16.0. The van der Waals surface area contributed by atoms with Gasteiger partial charge in [-0.05, 0) is 0 Å². The lowest BCUT2D eigenvalue weighted by atomic mass is 9.86. The van der Waals surface area contributed by atoms with Crippen LogP contribution in [0.5, 0.6) is 0 Å². The predicted molar refractivity (Wildman–Crippen MR) is 70.5 cm³/mol. The number of carboxylic acids is 2. The summed E-state index contributed by atoms with van der Waals surface area (Å²) in [5.41, 5.74) is 0. The second-order valence-corrected chi connectivity index (χ2v) is 6.69. The highest BCUT2D eigenvalue weighted by Crippen LogP contribution is 2.51. The molecule has 20 heavy (non-hydrogen) atoms. The summed E-state index contributed by atoms with van der Waals surface area (Å²) in [7, 11) is -5.19. The van der Waals surface area contributed by atoms with Crippen LogP contribution in [0.3, 0.4) is 0 Å². The number of allylic oxidation sites excluding steroid dienone is 2. The van der Waals surface area contributed by atoms with Gasteiger partial charge in [0.05, 0.1) is 15.1 Å². The third-order valence-electron chi connectivity index (χ3n) is 2.42. The summed E-state index contributed by atoms with van der Waals surface area (Å²) in [6, 6.07) is 0. The van der Waals surface area contributed by atoms with Gasteiger partial charge in [-0.2, -0.15) is 8.42 Å². The van der Waals surface area contributed by atoms with Crippen molar-refractivity contribution in [1.29, 1.82) is 0 Å². The van der Waals surface area contributed by atoms with Gasteiger partial charge in [0, 0.05) is 0 Å². The molecule has 0 aromatic heterocycles. The van der Waals surface area contributed by atoms with Crippen molar-refractivity contribution in [3.8, 4) is 0 Å². The van der Waals surface area contributed by atoms with Crippen molar-refractivity contribution in [2.75, 3.05) is 0 Å². The van der Waals surface area contributed by atoms with Gasteiger partial charge in [-0.1, -0.05) is 46.4 Å². The first-order chi connectivity index (χ1) is 8.86. The quantitative estimate of drug-likeness (QED) is 0.498. The fourth-order valence-electron chi connectivity index (χ4n) is 1.56. The molecule has 0 aromatic rings. The molecule has 0 heterocycles. The van der Waals surface area contributed by atoms with E-state index < -0.39 is 52.9 Å². The van der Waals surface area contributed by atoms with Crippen LogP contribution in [0.2, 0.25) is 0 Å². The van der Waals surface area contributed by atoms with Crippen LogP contribution in [-0.4, -0.2) is 40.0 Å². The SMILES string of the molecule is O=C(O)C1C(S(=O)(=O)O)=C(Cl)C(Cl)=C(Cl)C1(Cl)C(=O)O. The van der Waals surface area contributed by atoms with E-state index in [0.29, 0.717) is 0 Å². The van der Waals surface area contributed by atoms with Crippen molar-refractivity contribution in [1.82, 2.24) is 0 Å². The van der Waals surface area contributed by atoms with Crippen LogP contribution >= 0.6 is 46.4 Å². The lowest BCUT2D eigenvalue weighted by molar-refractivity contribution is -0.148. The second-order valence-electron chi connectivity index (χ2n) is 3.57. The summed E-state index contributed by atoms with van der Waals surface area (Å²) >= 11 is 22.3. The predicted octanol–water partition coefficient (Wildman–Crippen LogP) is 1.79. The number of hydrogen-bond donors (Lipinski definition) is 3. The van der Waals surface area contributed by atoms with Gasteiger partial charge in [0.25, 0.3) is 10.1 Å².